The number of rotatable bonds is 9. The van der Waals surface area contributed by atoms with Crippen LogP contribution in [0.2, 0.25) is 0 Å². The van der Waals surface area contributed by atoms with Gasteiger partial charge in [-0.25, -0.2) is 0 Å². The van der Waals surface area contributed by atoms with Crippen molar-refractivity contribution in [3.8, 4) is 0 Å². The Hall–Kier alpha value is -1.13. The molecule has 1 saturated carbocycles. The van der Waals surface area contributed by atoms with Gasteiger partial charge in [0.25, 0.3) is 0 Å². The zero-order valence-corrected chi connectivity index (χ0v) is 13.1. The molecule has 1 fully saturated rings. The Bertz CT molecular complexity index is 401. The van der Waals surface area contributed by atoms with E-state index in [1.54, 1.807) is 0 Å². The van der Waals surface area contributed by atoms with E-state index in [0.29, 0.717) is 0 Å². The molecule has 1 heterocycles. The molecule has 0 atom stereocenters. The lowest BCUT2D eigenvalue weighted by atomic mass is 10.2. The molecule has 4 heteroatoms. The molecule has 1 N–H and O–H groups in total. The highest BCUT2D eigenvalue weighted by Gasteiger charge is 2.21. The monoisotopic (exact) mass is 276 g/mol. The molecule has 0 saturated heterocycles. The maximum absolute atomic E-state index is 4.29. The summed E-state index contributed by atoms with van der Waals surface area (Å²) in [6.07, 6.45) is 7.77. The van der Waals surface area contributed by atoms with E-state index in [9.17, 15) is 0 Å². The van der Waals surface area contributed by atoms with Crippen molar-refractivity contribution < 1.29 is 0 Å². The molecule has 0 aliphatic heterocycles. The predicted molar refractivity (Wildman–Crippen MR) is 85.2 cm³/mol. The van der Waals surface area contributed by atoms with Crippen LogP contribution in [-0.4, -0.2) is 49.7 Å². The molecular weight excluding hydrogens is 248 g/mol. The Balaban J connectivity index is 1.95. The smallest absolute Gasteiger partial charge is 0.0442 e. The van der Waals surface area contributed by atoms with Gasteiger partial charge in [0.05, 0.1) is 0 Å². The lowest BCUT2D eigenvalue weighted by Crippen LogP contribution is -2.29. The van der Waals surface area contributed by atoms with Gasteiger partial charge in [0.2, 0.25) is 0 Å². The first-order chi connectivity index (χ1) is 9.70. The van der Waals surface area contributed by atoms with Gasteiger partial charge in [-0.1, -0.05) is 0 Å². The zero-order chi connectivity index (χ0) is 14.4. The summed E-state index contributed by atoms with van der Waals surface area (Å²) in [5, 5.41) is 3.59. The van der Waals surface area contributed by atoms with Crippen molar-refractivity contribution in [2.24, 2.45) is 0 Å². The lowest BCUT2D eigenvalue weighted by molar-refractivity contribution is 0.400. The number of hydrogen-bond acceptors (Lipinski definition) is 4. The van der Waals surface area contributed by atoms with Crippen LogP contribution in [0, 0.1) is 0 Å². The maximum atomic E-state index is 4.29. The van der Waals surface area contributed by atoms with E-state index in [1.165, 1.54) is 30.5 Å². The second-order valence-corrected chi connectivity index (χ2v) is 5.90. The third-order valence-electron chi connectivity index (χ3n) is 3.79. The molecule has 0 spiro atoms. The summed E-state index contributed by atoms with van der Waals surface area (Å²) in [5.41, 5.74) is 2.67. The van der Waals surface area contributed by atoms with Gasteiger partial charge in [0, 0.05) is 49.3 Å². The standard InChI is InChI=1S/C16H28N4/c1-4-20(11-5-10-19(2)3)16-8-9-17-12-14(16)13-18-15-6-7-15/h8-9,12,15,18H,4-7,10-11,13H2,1-3H3. The maximum Gasteiger partial charge on any atom is 0.0442 e. The van der Waals surface area contributed by atoms with Crippen molar-refractivity contribution in [2.45, 2.75) is 38.8 Å². The van der Waals surface area contributed by atoms with E-state index in [4.69, 9.17) is 0 Å². The molecule has 2 rings (SSSR count). The van der Waals surface area contributed by atoms with E-state index in [1.807, 2.05) is 12.4 Å². The summed E-state index contributed by atoms with van der Waals surface area (Å²) in [4.78, 5) is 9.01. The zero-order valence-electron chi connectivity index (χ0n) is 13.1. The van der Waals surface area contributed by atoms with Gasteiger partial charge in [0.15, 0.2) is 0 Å². The average Bonchev–Trinajstić information content (AvgIpc) is 3.26. The lowest BCUT2D eigenvalue weighted by Gasteiger charge is -2.26. The number of anilines is 1. The Morgan fingerprint density at radius 2 is 2.10 bits per heavy atom. The summed E-state index contributed by atoms with van der Waals surface area (Å²) in [7, 11) is 4.27. The summed E-state index contributed by atoms with van der Waals surface area (Å²) in [6.45, 7) is 6.46. The normalized spacial score (nSPS) is 14.8. The van der Waals surface area contributed by atoms with Crippen molar-refractivity contribution in [3.63, 3.8) is 0 Å². The molecule has 0 bridgehead atoms. The molecule has 112 valence electrons. The fourth-order valence-electron chi connectivity index (χ4n) is 2.43. The van der Waals surface area contributed by atoms with Gasteiger partial charge in [0.1, 0.15) is 0 Å². The number of aromatic nitrogens is 1. The van der Waals surface area contributed by atoms with Gasteiger partial charge in [-0.15, -0.1) is 0 Å². The Labute approximate surface area is 123 Å². The first-order valence-electron chi connectivity index (χ1n) is 7.76. The fraction of sp³-hybridized carbons (Fsp3) is 0.688. The topological polar surface area (TPSA) is 31.4 Å². The Morgan fingerprint density at radius 3 is 2.75 bits per heavy atom. The molecule has 1 aromatic rings. The van der Waals surface area contributed by atoms with Crippen molar-refractivity contribution in [1.82, 2.24) is 15.2 Å². The number of nitrogens with one attached hydrogen (secondary N) is 1. The molecule has 1 aliphatic rings. The van der Waals surface area contributed by atoms with Crippen molar-refractivity contribution in [1.29, 1.82) is 0 Å². The first kappa shape index (κ1) is 15.3. The molecule has 0 aromatic carbocycles. The van der Waals surface area contributed by atoms with Crippen LogP contribution >= 0.6 is 0 Å². The minimum atomic E-state index is 0.742. The predicted octanol–water partition coefficient (Wildman–Crippen LogP) is 2.11. The quantitative estimate of drug-likeness (QED) is 0.748. The van der Waals surface area contributed by atoms with Gasteiger partial charge >= 0.3 is 0 Å². The second kappa shape index (κ2) is 7.60. The van der Waals surface area contributed by atoms with Gasteiger partial charge in [-0.3, -0.25) is 4.98 Å². The highest BCUT2D eigenvalue weighted by atomic mass is 15.1. The molecule has 4 nitrogen and oxygen atoms in total. The van der Waals surface area contributed by atoms with Crippen LogP contribution in [0.5, 0.6) is 0 Å². The third-order valence-corrected chi connectivity index (χ3v) is 3.79. The van der Waals surface area contributed by atoms with Crippen LogP contribution in [0.4, 0.5) is 5.69 Å². The van der Waals surface area contributed by atoms with Crippen LogP contribution in [0.3, 0.4) is 0 Å². The van der Waals surface area contributed by atoms with Crippen molar-refractivity contribution >= 4 is 5.69 Å². The minimum Gasteiger partial charge on any atom is -0.371 e. The molecule has 20 heavy (non-hydrogen) atoms. The minimum absolute atomic E-state index is 0.742. The van der Waals surface area contributed by atoms with E-state index in [-0.39, 0.29) is 0 Å². The number of pyridine rings is 1. The van der Waals surface area contributed by atoms with E-state index in [2.05, 4.69) is 47.2 Å². The Morgan fingerprint density at radius 1 is 1.30 bits per heavy atom. The molecule has 0 amide bonds. The van der Waals surface area contributed by atoms with Gasteiger partial charge in [-0.2, -0.15) is 0 Å². The SMILES string of the molecule is CCN(CCCN(C)C)c1ccncc1CNC1CC1. The number of hydrogen-bond donors (Lipinski definition) is 1. The molecule has 1 aromatic heterocycles. The van der Waals surface area contributed by atoms with Crippen LogP contribution in [0.25, 0.3) is 0 Å². The van der Waals surface area contributed by atoms with E-state index in [0.717, 1.165) is 32.2 Å². The van der Waals surface area contributed by atoms with E-state index < -0.39 is 0 Å². The highest BCUT2D eigenvalue weighted by molar-refractivity contribution is 5.52. The summed E-state index contributed by atoms with van der Waals surface area (Å²) < 4.78 is 0. The average molecular weight is 276 g/mol. The summed E-state index contributed by atoms with van der Waals surface area (Å²) in [6, 6.07) is 2.90. The fourth-order valence-corrected chi connectivity index (χ4v) is 2.43. The molecule has 1 aliphatic carbocycles. The Kier molecular flexibility index (Phi) is 5.80. The van der Waals surface area contributed by atoms with Crippen LogP contribution in [0.1, 0.15) is 31.7 Å². The number of nitrogens with zero attached hydrogens (tertiary/aromatic N) is 3. The van der Waals surface area contributed by atoms with E-state index >= 15 is 0 Å². The highest BCUT2D eigenvalue weighted by Crippen LogP contribution is 2.23. The third kappa shape index (κ3) is 4.76. The van der Waals surface area contributed by atoms with Gasteiger partial charge in [-0.05, 0) is 52.9 Å². The molecule has 0 radical (unpaired) electrons. The van der Waals surface area contributed by atoms with Crippen LogP contribution in [-0.2, 0) is 6.54 Å². The van der Waals surface area contributed by atoms with Crippen molar-refractivity contribution in [3.05, 3.63) is 24.0 Å². The summed E-state index contributed by atoms with van der Waals surface area (Å²) >= 11 is 0. The van der Waals surface area contributed by atoms with Gasteiger partial charge < -0.3 is 15.1 Å². The molecule has 0 unspecified atom stereocenters. The summed E-state index contributed by atoms with van der Waals surface area (Å²) in [5.74, 6) is 0. The van der Waals surface area contributed by atoms with Crippen LogP contribution in [0.15, 0.2) is 18.5 Å². The second-order valence-electron chi connectivity index (χ2n) is 5.90. The van der Waals surface area contributed by atoms with Crippen molar-refractivity contribution in [2.75, 3.05) is 38.6 Å². The molecular formula is C16H28N4. The van der Waals surface area contributed by atoms with Crippen LogP contribution < -0.4 is 10.2 Å². The largest absolute Gasteiger partial charge is 0.371 e. The first-order valence-corrected chi connectivity index (χ1v) is 7.76.